The lowest BCUT2D eigenvalue weighted by Gasteiger charge is -2.05. The molecule has 0 aliphatic rings. The number of alkyl halides is 1. The van der Waals surface area contributed by atoms with Gasteiger partial charge in [0.15, 0.2) is 0 Å². The van der Waals surface area contributed by atoms with Crippen molar-refractivity contribution in [2.24, 2.45) is 0 Å². The summed E-state index contributed by atoms with van der Waals surface area (Å²) in [5.74, 6) is 0.619. The van der Waals surface area contributed by atoms with E-state index in [0.717, 1.165) is 26.6 Å². The molecule has 0 amide bonds. The van der Waals surface area contributed by atoms with Crippen LogP contribution in [0.25, 0.3) is 17.1 Å². The second-order valence-electron chi connectivity index (χ2n) is 4.18. The maximum Gasteiger partial charge on any atom is 0.205 e. The van der Waals surface area contributed by atoms with E-state index in [1.807, 2.05) is 48.5 Å². The van der Waals surface area contributed by atoms with Crippen molar-refractivity contribution in [3.8, 4) is 17.1 Å². The maximum absolute atomic E-state index is 4.45. The molecule has 100 valence electrons. The number of benzene rings is 2. The average Bonchev–Trinajstić information content (AvgIpc) is 2.97. The summed E-state index contributed by atoms with van der Waals surface area (Å²) in [6.07, 6.45) is 0. The standard InChI is InChI=1S/C14H10Br2N4/c15-9-11-8-12(16)6-7-13(11)20-18-14(17-19-20)10-4-2-1-3-5-10/h1-8H,9H2. The van der Waals surface area contributed by atoms with Crippen LogP contribution in [0.3, 0.4) is 0 Å². The molecule has 20 heavy (non-hydrogen) atoms. The minimum Gasteiger partial charge on any atom is -0.130 e. The van der Waals surface area contributed by atoms with Crippen LogP contribution in [0, 0.1) is 0 Å². The van der Waals surface area contributed by atoms with Crippen molar-refractivity contribution < 1.29 is 0 Å². The largest absolute Gasteiger partial charge is 0.205 e. The third kappa shape index (κ3) is 2.66. The molecular weight excluding hydrogens is 384 g/mol. The lowest BCUT2D eigenvalue weighted by atomic mass is 10.2. The van der Waals surface area contributed by atoms with Crippen LogP contribution in [-0.4, -0.2) is 20.2 Å². The minimum absolute atomic E-state index is 0.619. The average molecular weight is 394 g/mol. The van der Waals surface area contributed by atoms with Gasteiger partial charge >= 0.3 is 0 Å². The molecule has 0 aliphatic carbocycles. The third-order valence-electron chi connectivity index (χ3n) is 2.85. The van der Waals surface area contributed by atoms with E-state index in [4.69, 9.17) is 0 Å². The first kappa shape index (κ1) is 13.5. The molecular formula is C14H10Br2N4. The van der Waals surface area contributed by atoms with Crippen molar-refractivity contribution in [3.05, 3.63) is 58.6 Å². The molecule has 4 nitrogen and oxygen atoms in total. The Labute approximate surface area is 133 Å². The zero-order valence-electron chi connectivity index (χ0n) is 10.4. The molecule has 6 heteroatoms. The number of halogens is 2. The van der Waals surface area contributed by atoms with Crippen LogP contribution >= 0.6 is 31.9 Å². The van der Waals surface area contributed by atoms with Crippen LogP contribution in [0.5, 0.6) is 0 Å². The highest BCUT2D eigenvalue weighted by Crippen LogP contribution is 2.22. The molecule has 0 saturated heterocycles. The van der Waals surface area contributed by atoms with Gasteiger partial charge in [-0.25, -0.2) is 0 Å². The Kier molecular flexibility index (Phi) is 3.93. The van der Waals surface area contributed by atoms with Crippen LogP contribution in [0.4, 0.5) is 0 Å². The van der Waals surface area contributed by atoms with E-state index < -0.39 is 0 Å². The van der Waals surface area contributed by atoms with Crippen molar-refractivity contribution in [2.75, 3.05) is 0 Å². The Bertz CT molecular complexity index is 725. The Morgan fingerprint density at radius 3 is 2.60 bits per heavy atom. The van der Waals surface area contributed by atoms with Gasteiger partial charge in [-0.15, -0.1) is 15.0 Å². The van der Waals surface area contributed by atoms with E-state index in [9.17, 15) is 0 Å². The molecule has 0 radical (unpaired) electrons. The van der Waals surface area contributed by atoms with Crippen LogP contribution < -0.4 is 0 Å². The molecule has 0 fully saturated rings. The normalized spacial score (nSPS) is 10.7. The van der Waals surface area contributed by atoms with E-state index in [1.165, 1.54) is 0 Å². The summed E-state index contributed by atoms with van der Waals surface area (Å²) in [6.45, 7) is 0. The molecule has 3 rings (SSSR count). The molecule has 0 N–H and O–H groups in total. The Morgan fingerprint density at radius 1 is 1.05 bits per heavy atom. The van der Waals surface area contributed by atoms with E-state index in [0.29, 0.717) is 5.82 Å². The first-order valence-corrected chi connectivity index (χ1v) is 7.89. The summed E-state index contributed by atoms with van der Waals surface area (Å²) in [7, 11) is 0. The Morgan fingerprint density at radius 2 is 1.85 bits per heavy atom. The van der Waals surface area contributed by atoms with Gasteiger partial charge in [0.1, 0.15) is 0 Å². The van der Waals surface area contributed by atoms with Crippen molar-refractivity contribution in [1.82, 2.24) is 20.2 Å². The number of nitrogens with zero attached hydrogens (tertiary/aromatic N) is 4. The van der Waals surface area contributed by atoms with E-state index in [1.54, 1.807) is 4.80 Å². The minimum atomic E-state index is 0.619. The number of tetrazole rings is 1. The highest BCUT2D eigenvalue weighted by molar-refractivity contribution is 9.10. The first-order valence-electron chi connectivity index (χ1n) is 5.98. The molecule has 1 aromatic heterocycles. The molecule has 0 aliphatic heterocycles. The third-order valence-corrected chi connectivity index (χ3v) is 3.94. The lowest BCUT2D eigenvalue weighted by molar-refractivity contribution is 0.715. The predicted molar refractivity (Wildman–Crippen MR) is 84.9 cm³/mol. The summed E-state index contributed by atoms with van der Waals surface area (Å²) < 4.78 is 1.03. The smallest absolute Gasteiger partial charge is 0.130 e. The molecule has 0 saturated carbocycles. The monoisotopic (exact) mass is 392 g/mol. The fourth-order valence-corrected chi connectivity index (χ4v) is 2.73. The summed E-state index contributed by atoms with van der Waals surface area (Å²) in [6, 6.07) is 15.8. The highest BCUT2D eigenvalue weighted by Gasteiger charge is 2.10. The zero-order chi connectivity index (χ0) is 13.9. The topological polar surface area (TPSA) is 43.6 Å². The van der Waals surface area contributed by atoms with Gasteiger partial charge in [-0.05, 0) is 29.0 Å². The highest BCUT2D eigenvalue weighted by atomic mass is 79.9. The van der Waals surface area contributed by atoms with Gasteiger partial charge < -0.3 is 0 Å². The maximum atomic E-state index is 4.45. The van der Waals surface area contributed by atoms with Crippen molar-refractivity contribution in [3.63, 3.8) is 0 Å². The van der Waals surface area contributed by atoms with Crippen molar-refractivity contribution >= 4 is 31.9 Å². The molecule has 3 aromatic rings. The van der Waals surface area contributed by atoms with Crippen LogP contribution in [0.15, 0.2) is 53.0 Å². The fourth-order valence-electron chi connectivity index (χ4n) is 1.88. The van der Waals surface area contributed by atoms with Gasteiger partial charge in [-0.1, -0.05) is 62.2 Å². The van der Waals surface area contributed by atoms with Crippen LogP contribution in [0.1, 0.15) is 5.56 Å². The van der Waals surface area contributed by atoms with Crippen molar-refractivity contribution in [2.45, 2.75) is 5.33 Å². The fraction of sp³-hybridized carbons (Fsp3) is 0.0714. The van der Waals surface area contributed by atoms with Crippen LogP contribution in [0.2, 0.25) is 0 Å². The summed E-state index contributed by atoms with van der Waals surface area (Å²) in [5.41, 5.74) is 2.97. The van der Waals surface area contributed by atoms with Gasteiger partial charge in [0.2, 0.25) is 5.82 Å². The zero-order valence-corrected chi connectivity index (χ0v) is 13.5. The first-order chi connectivity index (χ1) is 9.78. The quantitative estimate of drug-likeness (QED) is 0.632. The molecule has 1 heterocycles. The number of rotatable bonds is 3. The summed E-state index contributed by atoms with van der Waals surface area (Å²) in [4.78, 5) is 1.56. The second kappa shape index (κ2) is 5.85. The molecule has 0 bridgehead atoms. The van der Waals surface area contributed by atoms with Gasteiger partial charge in [0.25, 0.3) is 0 Å². The van der Waals surface area contributed by atoms with Crippen LogP contribution in [-0.2, 0) is 5.33 Å². The number of hydrogen-bond donors (Lipinski definition) is 0. The molecule has 0 spiro atoms. The van der Waals surface area contributed by atoms with Crippen molar-refractivity contribution in [1.29, 1.82) is 0 Å². The second-order valence-corrected chi connectivity index (χ2v) is 5.65. The van der Waals surface area contributed by atoms with E-state index >= 15 is 0 Å². The molecule has 0 unspecified atom stereocenters. The van der Waals surface area contributed by atoms with Gasteiger partial charge in [0.05, 0.1) is 5.69 Å². The summed E-state index contributed by atoms with van der Waals surface area (Å²) in [5, 5.41) is 13.4. The van der Waals surface area contributed by atoms with Gasteiger partial charge in [0, 0.05) is 15.4 Å². The van der Waals surface area contributed by atoms with E-state index in [2.05, 4.69) is 47.3 Å². The Hall–Kier alpha value is -1.53. The number of hydrogen-bond acceptors (Lipinski definition) is 3. The predicted octanol–water partition coefficient (Wildman–Crippen LogP) is 3.99. The summed E-state index contributed by atoms with van der Waals surface area (Å²) >= 11 is 6.95. The lowest BCUT2D eigenvalue weighted by Crippen LogP contribution is -2.02. The van der Waals surface area contributed by atoms with E-state index in [-0.39, 0.29) is 0 Å². The molecule has 2 aromatic carbocycles. The van der Waals surface area contributed by atoms with Gasteiger partial charge in [-0.2, -0.15) is 0 Å². The Balaban J connectivity index is 2.02. The van der Waals surface area contributed by atoms with Gasteiger partial charge in [-0.3, -0.25) is 0 Å². The molecule has 0 atom stereocenters. The number of aromatic nitrogens is 4. The SMILES string of the molecule is BrCc1cc(Br)ccc1-n1nnc(-c2ccccc2)n1.